The van der Waals surface area contributed by atoms with Gasteiger partial charge in [-0.2, -0.15) is 0 Å². The minimum Gasteiger partial charge on any atom is -0.454 e. The van der Waals surface area contributed by atoms with Crippen LogP contribution in [0, 0.1) is 0 Å². The van der Waals surface area contributed by atoms with Gasteiger partial charge in [0, 0.05) is 25.6 Å². The van der Waals surface area contributed by atoms with E-state index in [1.165, 1.54) is 7.05 Å². The van der Waals surface area contributed by atoms with Crippen molar-refractivity contribution in [1.82, 2.24) is 16.0 Å². The van der Waals surface area contributed by atoms with Gasteiger partial charge in [0.05, 0.1) is 6.54 Å². The van der Waals surface area contributed by atoms with Gasteiger partial charge in [0.2, 0.25) is 18.6 Å². The van der Waals surface area contributed by atoms with Crippen LogP contribution in [0.25, 0.3) is 0 Å². The molecule has 1 heterocycles. The van der Waals surface area contributed by atoms with Crippen LogP contribution in [0.3, 0.4) is 0 Å². The molecule has 0 atom stereocenters. The van der Waals surface area contributed by atoms with Crippen LogP contribution >= 0.6 is 0 Å². The zero-order chi connectivity index (χ0) is 15.9. The second kappa shape index (κ2) is 7.30. The number of benzene rings is 1. The second-order valence-corrected chi connectivity index (χ2v) is 4.52. The summed E-state index contributed by atoms with van der Waals surface area (Å²) < 4.78 is 10.3. The van der Waals surface area contributed by atoms with Gasteiger partial charge in [-0.05, 0) is 18.2 Å². The number of fused-ring (bicyclic) bond motifs is 1. The van der Waals surface area contributed by atoms with Gasteiger partial charge >= 0.3 is 0 Å². The average molecular weight is 307 g/mol. The first kappa shape index (κ1) is 15.6. The maximum absolute atomic E-state index is 11.9. The van der Waals surface area contributed by atoms with E-state index >= 15 is 0 Å². The van der Waals surface area contributed by atoms with E-state index < -0.39 is 0 Å². The maximum Gasteiger partial charge on any atom is 0.251 e. The highest BCUT2D eigenvalue weighted by Gasteiger charge is 2.16. The van der Waals surface area contributed by atoms with E-state index in [0.29, 0.717) is 17.1 Å². The van der Waals surface area contributed by atoms with Crippen molar-refractivity contribution in [3.05, 3.63) is 23.8 Å². The molecule has 0 bridgehead atoms. The average Bonchev–Trinajstić information content (AvgIpc) is 2.99. The van der Waals surface area contributed by atoms with E-state index in [4.69, 9.17) is 9.47 Å². The lowest BCUT2D eigenvalue weighted by molar-refractivity contribution is -0.121. The van der Waals surface area contributed by atoms with Crippen molar-refractivity contribution in [3.63, 3.8) is 0 Å². The molecule has 0 fully saturated rings. The zero-order valence-corrected chi connectivity index (χ0v) is 12.1. The molecule has 8 nitrogen and oxygen atoms in total. The van der Waals surface area contributed by atoms with Gasteiger partial charge in [-0.1, -0.05) is 0 Å². The Labute approximate surface area is 127 Å². The van der Waals surface area contributed by atoms with Crippen LogP contribution in [0.4, 0.5) is 0 Å². The van der Waals surface area contributed by atoms with Gasteiger partial charge in [-0.3, -0.25) is 14.4 Å². The highest BCUT2D eigenvalue weighted by Crippen LogP contribution is 2.32. The molecule has 2 rings (SSSR count). The van der Waals surface area contributed by atoms with E-state index in [-0.39, 0.29) is 44.0 Å². The number of ether oxygens (including phenoxy) is 2. The van der Waals surface area contributed by atoms with Crippen LogP contribution in [0.2, 0.25) is 0 Å². The molecule has 0 radical (unpaired) electrons. The zero-order valence-electron chi connectivity index (χ0n) is 12.1. The van der Waals surface area contributed by atoms with Crippen molar-refractivity contribution < 1.29 is 23.9 Å². The third-order valence-corrected chi connectivity index (χ3v) is 3.00. The Balaban J connectivity index is 1.75. The fourth-order valence-electron chi connectivity index (χ4n) is 1.80. The Morgan fingerprint density at radius 3 is 2.64 bits per heavy atom. The molecule has 0 saturated carbocycles. The molecule has 0 aromatic heterocycles. The number of hydrogen-bond acceptors (Lipinski definition) is 5. The molecule has 0 unspecified atom stereocenters. The summed E-state index contributed by atoms with van der Waals surface area (Å²) in [4.78, 5) is 34.4. The number of nitrogens with one attached hydrogen (secondary N) is 3. The van der Waals surface area contributed by atoms with E-state index in [1.807, 2.05) is 0 Å². The molecule has 0 saturated heterocycles. The number of carbonyl (C=O) groups excluding carboxylic acids is 3. The normalized spacial score (nSPS) is 11.7. The fraction of sp³-hybridized carbons (Fsp3) is 0.357. The van der Waals surface area contributed by atoms with Crippen LogP contribution in [0.1, 0.15) is 16.8 Å². The van der Waals surface area contributed by atoms with E-state index in [0.717, 1.165) is 0 Å². The van der Waals surface area contributed by atoms with Gasteiger partial charge in [-0.25, -0.2) is 0 Å². The molecular formula is C14H17N3O5. The summed E-state index contributed by atoms with van der Waals surface area (Å²) >= 11 is 0. The van der Waals surface area contributed by atoms with E-state index in [1.54, 1.807) is 18.2 Å². The Bertz CT molecular complexity index is 588. The summed E-state index contributed by atoms with van der Waals surface area (Å²) in [6.45, 7) is 0.188. The fourth-order valence-corrected chi connectivity index (χ4v) is 1.80. The summed E-state index contributed by atoms with van der Waals surface area (Å²) in [6.07, 6.45) is 0.193. The standard InChI is InChI=1S/C14H17N3O5/c1-15-12(18)4-5-16-13(19)7-17-14(20)9-2-3-10-11(6-9)22-8-21-10/h2-3,6H,4-5,7-8H2,1H3,(H,15,18)(H,16,19)(H,17,20). The molecule has 22 heavy (non-hydrogen) atoms. The third-order valence-electron chi connectivity index (χ3n) is 3.00. The predicted molar refractivity (Wildman–Crippen MR) is 76.6 cm³/mol. The number of hydrogen-bond donors (Lipinski definition) is 3. The molecule has 1 aliphatic rings. The Hall–Kier alpha value is -2.77. The highest BCUT2D eigenvalue weighted by molar-refractivity contribution is 5.97. The number of amides is 3. The molecule has 3 amide bonds. The monoisotopic (exact) mass is 307 g/mol. The molecule has 3 N–H and O–H groups in total. The molecular weight excluding hydrogens is 290 g/mol. The maximum atomic E-state index is 11.9. The summed E-state index contributed by atoms with van der Waals surface area (Å²) in [5.41, 5.74) is 0.377. The van der Waals surface area contributed by atoms with Crippen LogP contribution in [0.15, 0.2) is 18.2 Å². The largest absolute Gasteiger partial charge is 0.454 e. The summed E-state index contributed by atoms with van der Waals surface area (Å²) in [7, 11) is 1.52. The SMILES string of the molecule is CNC(=O)CCNC(=O)CNC(=O)c1ccc2c(c1)OCO2. The van der Waals surface area contributed by atoms with Crippen molar-refractivity contribution in [3.8, 4) is 11.5 Å². The van der Waals surface area contributed by atoms with Crippen molar-refractivity contribution in [1.29, 1.82) is 0 Å². The summed E-state index contributed by atoms with van der Waals surface area (Å²) in [6, 6.07) is 4.79. The van der Waals surface area contributed by atoms with Crippen LogP contribution in [-0.4, -0.2) is 44.7 Å². The Morgan fingerprint density at radius 2 is 1.86 bits per heavy atom. The highest BCUT2D eigenvalue weighted by atomic mass is 16.7. The molecule has 1 aliphatic heterocycles. The van der Waals surface area contributed by atoms with Crippen molar-refractivity contribution in [2.45, 2.75) is 6.42 Å². The third kappa shape index (κ3) is 4.11. The molecule has 8 heteroatoms. The summed E-state index contributed by atoms with van der Waals surface area (Å²) in [5, 5.41) is 7.48. The lowest BCUT2D eigenvalue weighted by atomic mass is 10.2. The first-order chi connectivity index (χ1) is 10.6. The topological polar surface area (TPSA) is 106 Å². The molecule has 0 aliphatic carbocycles. The van der Waals surface area contributed by atoms with Crippen LogP contribution in [-0.2, 0) is 9.59 Å². The van der Waals surface area contributed by atoms with Crippen molar-refractivity contribution in [2.24, 2.45) is 0 Å². The Kier molecular flexibility index (Phi) is 5.18. The first-order valence-electron chi connectivity index (χ1n) is 6.75. The lowest BCUT2D eigenvalue weighted by Crippen LogP contribution is -2.38. The number of rotatable bonds is 6. The van der Waals surface area contributed by atoms with E-state index in [9.17, 15) is 14.4 Å². The molecule has 1 aromatic rings. The summed E-state index contributed by atoms with van der Waals surface area (Å²) in [5.74, 6) is 0.175. The van der Waals surface area contributed by atoms with Gasteiger partial charge < -0.3 is 25.4 Å². The predicted octanol–water partition coefficient (Wildman–Crippen LogP) is -0.603. The van der Waals surface area contributed by atoms with Crippen molar-refractivity contribution in [2.75, 3.05) is 26.9 Å². The molecule has 118 valence electrons. The smallest absolute Gasteiger partial charge is 0.251 e. The molecule has 1 aromatic carbocycles. The number of carbonyl (C=O) groups is 3. The van der Waals surface area contributed by atoms with Gasteiger partial charge in [-0.15, -0.1) is 0 Å². The quantitative estimate of drug-likeness (QED) is 0.650. The van der Waals surface area contributed by atoms with Crippen LogP contribution < -0.4 is 25.4 Å². The van der Waals surface area contributed by atoms with Gasteiger partial charge in [0.25, 0.3) is 5.91 Å². The first-order valence-corrected chi connectivity index (χ1v) is 6.75. The molecule has 0 spiro atoms. The minimum atomic E-state index is -0.389. The minimum absolute atomic E-state index is 0.133. The Morgan fingerprint density at radius 1 is 1.09 bits per heavy atom. The van der Waals surface area contributed by atoms with Crippen LogP contribution in [0.5, 0.6) is 11.5 Å². The second-order valence-electron chi connectivity index (χ2n) is 4.52. The lowest BCUT2D eigenvalue weighted by Gasteiger charge is -2.07. The van der Waals surface area contributed by atoms with E-state index in [2.05, 4.69) is 16.0 Å². The van der Waals surface area contributed by atoms with Crippen molar-refractivity contribution >= 4 is 17.7 Å². The van der Waals surface area contributed by atoms with Gasteiger partial charge in [0.1, 0.15) is 0 Å². The van der Waals surface area contributed by atoms with Gasteiger partial charge in [0.15, 0.2) is 11.5 Å².